The second kappa shape index (κ2) is 8.96. The Hall–Kier alpha value is -2.46. The highest BCUT2D eigenvalue weighted by Gasteiger charge is 2.30. The lowest BCUT2D eigenvalue weighted by Gasteiger charge is -2.40. The molecule has 27 heavy (non-hydrogen) atoms. The Morgan fingerprint density at radius 1 is 0.926 bits per heavy atom. The van der Waals surface area contributed by atoms with Gasteiger partial charge in [0, 0.05) is 42.9 Å². The molecule has 3 rings (SSSR count). The average molecular weight is 365 g/mol. The molecule has 0 aliphatic carbocycles. The first-order valence-corrected chi connectivity index (χ1v) is 9.83. The minimum Gasteiger partial charge on any atom is -0.349 e. The van der Waals surface area contributed by atoms with E-state index in [0.717, 1.165) is 54.5 Å². The average Bonchev–Trinajstić information content (AvgIpc) is 2.71. The molecule has 1 N–H and O–H groups in total. The van der Waals surface area contributed by atoms with E-state index < -0.39 is 0 Å². The van der Waals surface area contributed by atoms with Crippen molar-refractivity contribution in [3.8, 4) is 0 Å². The van der Waals surface area contributed by atoms with Gasteiger partial charge in [0.15, 0.2) is 5.78 Å². The molecule has 0 atom stereocenters. The molecule has 142 valence electrons. The number of quaternary nitrogens is 1. The summed E-state index contributed by atoms with van der Waals surface area (Å²) < 4.78 is 0.986. The van der Waals surface area contributed by atoms with Crippen LogP contribution in [0.3, 0.4) is 0 Å². The second-order valence-electron chi connectivity index (χ2n) is 7.80. The van der Waals surface area contributed by atoms with E-state index in [-0.39, 0.29) is 17.7 Å². The molecular formula is C23H29N2O2+. The largest absolute Gasteiger partial charge is 0.349 e. The lowest BCUT2D eigenvalue weighted by molar-refractivity contribution is -0.914. The molecule has 0 aromatic heterocycles. The van der Waals surface area contributed by atoms with Crippen molar-refractivity contribution in [2.24, 2.45) is 0 Å². The van der Waals surface area contributed by atoms with Gasteiger partial charge in [0.1, 0.15) is 0 Å². The Kier molecular flexibility index (Phi) is 6.40. The van der Waals surface area contributed by atoms with Gasteiger partial charge in [-0.3, -0.25) is 9.59 Å². The molecular weight excluding hydrogens is 336 g/mol. The highest BCUT2D eigenvalue weighted by atomic mass is 16.1. The molecule has 0 unspecified atom stereocenters. The zero-order chi connectivity index (χ0) is 19.1. The molecule has 1 heterocycles. The van der Waals surface area contributed by atoms with Crippen molar-refractivity contribution >= 4 is 11.7 Å². The van der Waals surface area contributed by atoms with Crippen LogP contribution in [0, 0.1) is 0 Å². The maximum atomic E-state index is 12.3. The van der Waals surface area contributed by atoms with Crippen LogP contribution in [0.4, 0.5) is 0 Å². The van der Waals surface area contributed by atoms with Gasteiger partial charge < -0.3 is 9.80 Å². The van der Waals surface area contributed by atoms with Crippen molar-refractivity contribution in [3.63, 3.8) is 0 Å². The molecule has 1 amide bonds. The maximum Gasteiger partial charge on any atom is 0.251 e. The van der Waals surface area contributed by atoms with Gasteiger partial charge in [0.2, 0.25) is 0 Å². The van der Waals surface area contributed by atoms with Crippen LogP contribution in [0.5, 0.6) is 0 Å². The molecule has 1 saturated heterocycles. The second-order valence-corrected chi connectivity index (χ2v) is 7.80. The highest BCUT2D eigenvalue weighted by Crippen LogP contribution is 2.19. The summed E-state index contributed by atoms with van der Waals surface area (Å²) in [5, 5.41) is 3.17. The van der Waals surface area contributed by atoms with Gasteiger partial charge in [-0.05, 0) is 12.1 Å². The number of carbonyl (C=O) groups excluding carboxylic acids is 2. The van der Waals surface area contributed by atoms with E-state index in [9.17, 15) is 9.59 Å². The van der Waals surface area contributed by atoms with E-state index in [1.165, 1.54) is 0 Å². The van der Waals surface area contributed by atoms with E-state index in [1.54, 1.807) is 0 Å². The molecule has 2 aromatic carbocycles. The SMILES string of the molecule is C[N+]1(CCCC(=O)c2ccccc2)CCC(NC(=O)c2ccccc2)CC1. The monoisotopic (exact) mass is 365 g/mol. The van der Waals surface area contributed by atoms with E-state index in [4.69, 9.17) is 0 Å². The zero-order valence-corrected chi connectivity index (χ0v) is 16.1. The first-order valence-electron chi connectivity index (χ1n) is 9.83. The summed E-state index contributed by atoms with van der Waals surface area (Å²) in [6.45, 7) is 3.09. The van der Waals surface area contributed by atoms with Crippen molar-refractivity contribution in [1.29, 1.82) is 0 Å². The molecule has 1 aliphatic heterocycles. The van der Waals surface area contributed by atoms with Crippen molar-refractivity contribution in [3.05, 3.63) is 71.8 Å². The predicted octanol–water partition coefficient (Wildman–Crippen LogP) is 3.69. The summed E-state index contributed by atoms with van der Waals surface area (Å²) >= 11 is 0. The smallest absolute Gasteiger partial charge is 0.251 e. The number of rotatable bonds is 7. The third-order valence-electron chi connectivity index (χ3n) is 5.60. The number of piperidine rings is 1. The Labute approximate surface area is 161 Å². The number of likely N-dealkylation sites (tertiary alicyclic amines) is 1. The van der Waals surface area contributed by atoms with Crippen molar-refractivity contribution in [2.75, 3.05) is 26.7 Å². The molecule has 0 saturated carbocycles. The lowest BCUT2D eigenvalue weighted by Crippen LogP contribution is -2.54. The molecule has 1 aliphatic rings. The fourth-order valence-electron chi connectivity index (χ4n) is 3.81. The minimum atomic E-state index is 0.0187. The standard InChI is InChI=1S/C23H28N2O2/c1-25(16-8-13-22(26)19-9-4-2-5-10-19)17-14-21(15-18-25)24-23(27)20-11-6-3-7-12-20/h2-7,9-12,21H,8,13-18H2,1H3/p+1. The van der Waals surface area contributed by atoms with Gasteiger partial charge in [-0.25, -0.2) is 0 Å². The van der Waals surface area contributed by atoms with Crippen molar-refractivity contribution in [2.45, 2.75) is 31.7 Å². The van der Waals surface area contributed by atoms with Crippen LogP contribution in [0.25, 0.3) is 0 Å². The number of nitrogens with one attached hydrogen (secondary N) is 1. The molecule has 2 aromatic rings. The van der Waals surface area contributed by atoms with Crippen LogP contribution in [-0.2, 0) is 0 Å². The summed E-state index contributed by atoms with van der Waals surface area (Å²) in [6.07, 6.45) is 3.49. The first kappa shape index (κ1) is 19.3. The number of hydrogen-bond donors (Lipinski definition) is 1. The molecule has 4 heteroatoms. The van der Waals surface area contributed by atoms with Gasteiger partial charge in [-0.15, -0.1) is 0 Å². The van der Waals surface area contributed by atoms with E-state index in [2.05, 4.69) is 12.4 Å². The summed E-state index contributed by atoms with van der Waals surface area (Å²) in [6, 6.07) is 19.2. The van der Waals surface area contributed by atoms with Crippen molar-refractivity contribution in [1.82, 2.24) is 5.32 Å². The van der Waals surface area contributed by atoms with Crippen LogP contribution in [0.1, 0.15) is 46.4 Å². The van der Waals surface area contributed by atoms with Gasteiger partial charge in [0.05, 0.1) is 26.7 Å². The zero-order valence-electron chi connectivity index (χ0n) is 16.1. The van der Waals surface area contributed by atoms with Crippen LogP contribution >= 0.6 is 0 Å². The lowest BCUT2D eigenvalue weighted by atomic mass is 10.0. The van der Waals surface area contributed by atoms with E-state index >= 15 is 0 Å². The van der Waals surface area contributed by atoms with Crippen LogP contribution in [0.15, 0.2) is 60.7 Å². The van der Waals surface area contributed by atoms with Crippen molar-refractivity contribution < 1.29 is 14.1 Å². The van der Waals surface area contributed by atoms with E-state index in [0.29, 0.717) is 6.42 Å². The third-order valence-corrected chi connectivity index (χ3v) is 5.60. The number of ketones is 1. The number of amides is 1. The van der Waals surface area contributed by atoms with Gasteiger partial charge in [-0.1, -0.05) is 48.5 Å². The van der Waals surface area contributed by atoms with E-state index in [1.807, 2.05) is 60.7 Å². The number of Topliss-reactive ketones (excluding diaryl/α,β-unsaturated/α-hetero) is 1. The molecule has 0 spiro atoms. The number of carbonyl (C=O) groups is 2. The third kappa shape index (κ3) is 5.51. The summed E-state index contributed by atoms with van der Waals surface area (Å²) in [5.74, 6) is 0.248. The fourth-order valence-corrected chi connectivity index (χ4v) is 3.81. The molecule has 0 radical (unpaired) electrons. The Morgan fingerprint density at radius 3 is 2.07 bits per heavy atom. The van der Waals surface area contributed by atoms with Gasteiger partial charge >= 0.3 is 0 Å². The Bertz CT molecular complexity index is 750. The minimum absolute atomic E-state index is 0.0187. The fraction of sp³-hybridized carbons (Fsp3) is 0.391. The normalized spacial score (nSPS) is 22.2. The predicted molar refractivity (Wildman–Crippen MR) is 108 cm³/mol. The maximum absolute atomic E-state index is 12.3. The summed E-state index contributed by atoms with van der Waals surface area (Å²) in [5.41, 5.74) is 1.53. The summed E-state index contributed by atoms with van der Waals surface area (Å²) in [7, 11) is 2.27. The molecule has 0 bridgehead atoms. The van der Waals surface area contributed by atoms with Crippen LogP contribution in [-0.4, -0.2) is 48.9 Å². The van der Waals surface area contributed by atoms with Crippen LogP contribution < -0.4 is 5.32 Å². The first-order chi connectivity index (χ1) is 13.1. The molecule has 4 nitrogen and oxygen atoms in total. The van der Waals surface area contributed by atoms with Crippen LogP contribution in [0.2, 0.25) is 0 Å². The topological polar surface area (TPSA) is 46.2 Å². The van der Waals surface area contributed by atoms with Gasteiger partial charge in [0.25, 0.3) is 5.91 Å². The Morgan fingerprint density at radius 2 is 1.48 bits per heavy atom. The number of nitrogens with zero attached hydrogens (tertiary/aromatic N) is 1. The molecule has 1 fully saturated rings. The number of benzene rings is 2. The quantitative estimate of drug-likeness (QED) is 0.601. The number of hydrogen-bond acceptors (Lipinski definition) is 2. The Balaban J connectivity index is 1.41. The van der Waals surface area contributed by atoms with Gasteiger partial charge in [-0.2, -0.15) is 0 Å². The highest BCUT2D eigenvalue weighted by molar-refractivity contribution is 5.96. The summed E-state index contributed by atoms with van der Waals surface area (Å²) in [4.78, 5) is 24.5.